The Morgan fingerprint density at radius 2 is 2.10 bits per heavy atom. The molecule has 5 heteroatoms. The topological polar surface area (TPSA) is 49.8 Å². The number of ketones is 1. The summed E-state index contributed by atoms with van der Waals surface area (Å²) in [6.07, 6.45) is 1.83. The van der Waals surface area contributed by atoms with E-state index in [1.54, 1.807) is 13.0 Å². The zero-order chi connectivity index (χ0) is 15.4. The average Bonchev–Trinajstić information content (AvgIpc) is 2.48. The third kappa shape index (κ3) is 3.80. The molecule has 0 amide bonds. The third-order valence-electron chi connectivity index (χ3n) is 3.88. The molecule has 1 fully saturated rings. The van der Waals surface area contributed by atoms with Gasteiger partial charge in [0.05, 0.1) is 19.3 Å². The Morgan fingerprint density at radius 3 is 2.67 bits per heavy atom. The number of hydrogen-bond donors (Lipinski definition) is 1. The molecule has 21 heavy (non-hydrogen) atoms. The molecule has 1 aliphatic rings. The van der Waals surface area contributed by atoms with Crippen LogP contribution in [0.2, 0.25) is 0 Å². The molecule has 1 aromatic rings. The summed E-state index contributed by atoms with van der Waals surface area (Å²) in [5.41, 5.74) is 1.79. The molecule has 0 aromatic heterocycles. The Morgan fingerprint density at radius 1 is 1.43 bits per heavy atom. The number of piperidine rings is 1. The summed E-state index contributed by atoms with van der Waals surface area (Å²) in [6, 6.07) is 3.09. The number of nitrogens with zero attached hydrogens (tertiary/aromatic N) is 1. The molecule has 4 nitrogen and oxygen atoms in total. The van der Waals surface area contributed by atoms with Crippen LogP contribution < -0.4 is 4.90 Å². The molecule has 1 aromatic carbocycles. The molecule has 116 valence electrons. The van der Waals surface area contributed by atoms with E-state index in [-0.39, 0.29) is 24.3 Å². The largest absolute Gasteiger partial charge is 0.394 e. The maximum Gasteiger partial charge on any atom is 0.161 e. The minimum absolute atomic E-state index is 0.0336. The molecule has 0 unspecified atom stereocenters. The van der Waals surface area contributed by atoms with Crippen LogP contribution in [0.1, 0.15) is 35.7 Å². The highest BCUT2D eigenvalue weighted by Gasteiger charge is 2.23. The van der Waals surface area contributed by atoms with E-state index < -0.39 is 0 Å². The van der Waals surface area contributed by atoms with Gasteiger partial charge >= 0.3 is 0 Å². The fourth-order valence-electron chi connectivity index (χ4n) is 2.69. The van der Waals surface area contributed by atoms with Crippen molar-refractivity contribution in [2.24, 2.45) is 0 Å². The van der Waals surface area contributed by atoms with Gasteiger partial charge in [-0.25, -0.2) is 4.39 Å². The molecule has 1 N–H and O–H groups in total. The van der Waals surface area contributed by atoms with Gasteiger partial charge in [-0.05, 0) is 44.4 Å². The molecule has 0 aliphatic carbocycles. The number of benzene rings is 1. The van der Waals surface area contributed by atoms with Crippen molar-refractivity contribution in [3.8, 4) is 0 Å². The van der Waals surface area contributed by atoms with Crippen molar-refractivity contribution >= 4 is 11.5 Å². The van der Waals surface area contributed by atoms with Crippen LogP contribution in [0.15, 0.2) is 12.1 Å². The molecule has 0 spiro atoms. The SMILES string of the molecule is CC(=O)c1cc(F)c(C)cc1N1CCC(OCCO)CC1. The number of carbonyl (C=O) groups is 1. The van der Waals surface area contributed by atoms with E-state index in [1.807, 2.05) is 0 Å². The van der Waals surface area contributed by atoms with Gasteiger partial charge < -0.3 is 14.7 Å². The maximum atomic E-state index is 13.7. The lowest BCUT2D eigenvalue weighted by Crippen LogP contribution is -2.38. The van der Waals surface area contributed by atoms with Crippen LogP contribution in [0.25, 0.3) is 0 Å². The fourth-order valence-corrected chi connectivity index (χ4v) is 2.69. The number of aliphatic hydroxyl groups is 1. The van der Waals surface area contributed by atoms with E-state index in [0.717, 1.165) is 31.6 Å². The van der Waals surface area contributed by atoms with Crippen LogP contribution in [0.4, 0.5) is 10.1 Å². The lowest BCUT2D eigenvalue weighted by molar-refractivity contribution is 0.0159. The number of hydrogen-bond acceptors (Lipinski definition) is 4. The molecule has 1 saturated heterocycles. The summed E-state index contributed by atoms with van der Waals surface area (Å²) >= 11 is 0. The van der Waals surface area contributed by atoms with Crippen LogP contribution in [0.5, 0.6) is 0 Å². The highest BCUT2D eigenvalue weighted by Crippen LogP contribution is 2.28. The van der Waals surface area contributed by atoms with Crippen molar-refractivity contribution in [1.82, 2.24) is 0 Å². The standard InChI is InChI=1S/C16H22FNO3/c1-11-9-16(14(12(2)20)10-15(11)17)18-5-3-13(4-6-18)21-8-7-19/h9-10,13,19H,3-8H2,1-2H3. The summed E-state index contributed by atoms with van der Waals surface area (Å²) in [6.45, 7) is 5.10. The normalized spacial score (nSPS) is 16.3. The third-order valence-corrected chi connectivity index (χ3v) is 3.88. The smallest absolute Gasteiger partial charge is 0.161 e. The van der Waals surface area contributed by atoms with E-state index in [1.165, 1.54) is 13.0 Å². The van der Waals surface area contributed by atoms with Crippen molar-refractivity contribution in [2.45, 2.75) is 32.8 Å². The number of Topliss-reactive ketones (excluding diaryl/α,β-unsaturated/α-hetero) is 1. The molecule has 1 heterocycles. The van der Waals surface area contributed by atoms with Gasteiger partial charge in [0.2, 0.25) is 0 Å². The zero-order valence-electron chi connectivity index (χ0n) is 12.6. The minimum Gasteiger partial charge on any atom is -0.394 e. The predicted octanol–water partition coefficient (Wildman–Crippen LogP) is 2.31. The fraction of sp³-hybridized carbons (Fsp3) is 0.562. The van der Waals surface area contributed by atoms with Crippen LogP contribution in [0.3, 0.4) is 0 Å². The Balaban J connectivity index is 2.12. The van der Waals surface area contributed by atoms with Crippen molar-refractivity contribution in [3.63, 3.8) is 0 Å². The lowest BCUT2D eigenvalue weighted by atomic mass is 10.0. The van der Waals surface area contributed by atoms with E-state index in [9.17, 15) is 9.18 Å². The monoisotopic (exact) mass is 295 g/mol. The zero-order valence-corrected chi connectivity index (χ0v) is 12.6. The van der Waals surface area contributed by atoms with Gasteiger partial charge in [-0.2, -0.15) is 0 Å². The number of aryl methyl sites for hydroxylation is 1. The van der Waals surface area contributed by atoms with Crippen molar-refractivity contribution in [3.05, 3.63) is 29.1 Å². The highest BCUT2D eigenvalue weighted by molar-refractivity contribution is 6.00. The number of ether oxygens (including phenoxy) is 1. The first kappa shape index (κ1) is 15.9. The quantitative estimate of drug-likeness (QED) is 0.847. The van der Waals surface area contributed by atoms with Gasteiger partial charge in [0.1, 0.15) is 5.82 Å². The predicted molar refractivity (Wildman–Crippen MR) is 79.4 cm³/mol. The Kier molecular flexibility index (Phi) is 5.31. The molecule has 0 saturated carbocycles. The second-order valence-corrected chi connectivity index (χ2v) is 5.46. The number of anilines is 1. The highest BCUT2D eigenvalue weighted by atomic mass is 19.1. The van der Waals surface area contributed by atoms with Crippen molar-refractivity contribution in [2.75, 3.05) is 31.2 Å². The average molecular weight is 295 g/mol. The summed E-state index contributed by atoms with van der Waals surface area (Å²) < 4.78 is 19.2. The number of rotatable bonds is 5. The number of aliphatic hydroxyl groups excluding tert-OH is 1. The number of carbonyl (C=O) groups excluding carboxylic acids is 1. The first-order valence-corrected chi connectivity index (χ1v) is 7.31. The van der Waals surface area contributed by atoms with Gasteiger partial charge in [0, 0.05) is 24.3 Å². The lowest BCUT2D eigenvalue weighted by Gasteiger charge is -2.34. The van der Waals surface area contributed by atoms with E-state index in [4.69, 9.17) is 9.84 Å². The van der Waals surface area contributed by atoms with Gasteiger partial charge in [-0.1, -0.05) is 0 Å². The van der Waals surface area contributed by atoms with Gasteiger partial charge in [0.25, 0.3) is 0 Å². The van der Waals surface area contributed by atoms with Crippen LogP contribution >= 0.6 is 0 Å². The molecule has 0 atom stereocenters. The summed E-state index contributed by atoms with van der Waals surface area (Å²) in [7, 11) is 0. The second-order valence-electron chi connectivity index (χ2n) is 5.46. The summed E-state index contributed by atoms with van der Waals surface area (Å²) in [5, 5.41) is 8.77. The first-order valence-electron chi connectivity index (χ1n) is 7.31. The number of halogens is 1. The van der Waals surface area contributed by atoms with E-state index >= 15 is 0 Å². The second kappa shape index (κ2) is 7.00. The van der Waals surface area contributed by atoms with Gasteiger partial charge in [-0.3, -0.25) is 4.79 Å². The first-order chi connectivity index (χ1) is 10.0. The maximum absolute atomic E-state index is 13.7. The summed E-state index contributed by atoms with van der Waals surface area (Å²) in [4.78, 5) is 13.8. The van der Waals surface area contributed by atoms with Crippen LogP contribution in [0, 0.1) is 12.7 Å². The van der Waals surface area contributed by atoms with Crippen molar-refractivity contribution < 1.29 is 19.0 Å². The van der Waals surface area contributed by atoms with Gasteiger partial charge in [-0.15, -0.1) is 0 Å². The molecular formula is C16H22FNO3. The van der Waals surface area contributed by atoms with Gasteiger partial charge in [0.15, 0.2) is 5.78 Å². The Bertz CT molecular complexity index is 510. The molecule has 0 radical (unpaired) electrons. The molecule has 1 aliphatic heterocycles. The van der Waals surface area contributed by atoms with E-state index in [0.29, 0.717) is 17.7 Å². The molecule has 2 rings (SSSR count). The minimum atomic E-state index is -0.342. The van der Waals surface area contributed by atoms with Crippen LogP contribution in [-0.4, -0.2) is 43.3 Å². The van der Waals surface area contributed by atoms with Crippen molar-refractivity contribution in [1.29, 1.82) is 0 Å². The summed E-state index contributed by atoms with van der Waals surface area (Å²) in [5.74, 6) is -0.465. The van der Waals surface area contributed by atoms with E-state index in [2.05, 4.69) is 4.90 Å². The Labute approximate surface area is 124 Å². The Hall–Kier alpha value is -1.46. The van der Waals surface area contributed by atoms with Crippen LogP contribution in [-0.2, 0) is 4.74 Å². The molecule has 0 bridgehead atoms. The molecular weight excluding hydrogens is 273 g/mol.